The van der Waals surface area contributed by atoms with Crippen LogP contribution in [-0.2, 0) is 6.42 Å². The van der Waals surface area contributed by atoms with E-state index in [4.69, 9.17) is 9.84 Å². The van der Waals surface area contributed by atoms with Gasteiger partial charge < -0.3 is 14.9 Å². The van der Waals surface area contributed by atoms with Gasteiger partial charge in [0, 0.05) is 18.8 Å². The smallest absolute Gasteiger partial charge is 0.122 e. The zero-order valence-electron chi connectivity index (χ0n) is 9.52. The van der Waals surface area contributed by atoms with Crippen LogP contribution in [0.1, 0.15) is 23.5 Å². The van der Waals surface area contributed by atoms with E-state index < -0.39 is 0 Å². The lowest BCUT2D eigenvalue weighted by Crippen LogP contribution is -2.14. The van der Waals surface area contributed by atoms with Crippen LogP contribution in [0.2, 0.25) is 0 Å². The summed E-state index contributed by atoms with van der Waals surface area (Å²) in [5, 5.41) is 18.5. The molecule has 0 bridgehead atoms. The molecule has 0 radical (unpaired) electrons. The van der Waals surface area contributed by atoms with E-state index >= 15 is 0 Å². The summed E-state index contributed by atoms with van der Waals surface area (Å²) in [5.41, 5.74) is 2.43. The highest BCUT2D eigenvalue weighted by Crippen LogP contribution is 2.44. The van der Waals surface area contributed by atoms with Gasteiger partial charge in [0.2, 0.25) is 0 Å². The summed E-state index contributed by atoms with van der Waals surface area (Å²) in [6.07, 6.45) is 1.58. The zero-order chi connectivity index (χ0) is 11.5. The molecule has 0 spiro atoms. The molecular weight excluding hydrogens is 204 g/mol. The van der Waals surface area contributed by atoms with Crippen molar-refractivity contribution in [2.45, 2.75) is 18.8 Å². The number of aliphatic hydroxyl groups excluding tert-OH is 2. The highest BCUT2D eigenvalue weighted by molar-refractivity contribution is 5.46. The molecule has 0 fully saturated rings. The number of aliphatic hydroxyl groups is 2. The van der Waals surface area contributed by atoms with Crippen LogP contribution in [0.25, 0.3) is 0 Å². The molecule has 1 aliphatic rings. The third kappa shape index (κ3) is 1.81. The van der Waals surface area contributed by atoms with Crippen LogP contribution in [0.3, 0.4) is 0 Å². The van der Waals surface area contributed by atoms with Gasteiger partial charge in [-0.2, -0.15) is 0 Å². The van der Waals surface area contributed by atoms with Crippen molar-refractivity contribution in [3.05, 3.63) is 29.3 Å². The molecule has 16 heavy (non-hydrogen) atoms. The van der Waals surface area contributed by atoms with Crippen molar-refractivity contribution < 1.29 is 14.9 Å². The molecule has 1 aliphatic carbocycles. The number of rotatable bonds is 4. The molecular formula is C13H18O3. The summed E-state index contributed by atoms with van der Waals surface area (Å²) in [6.45, 7) is 0.321. The van der Waals surface area contributed by atoms with Gasteiger partial charge in [0.15, 0.2) is 0 Å². The fourth-order valence-corrected chi connectivity index (χ4v) is 2.74. The molecule has 2 rings (SSSR count). The molecule has 0 aromatic heterocycles. The first-order valence-electron chi connectivity index (χ1n) is 5.69. The van der Waals surface area contributed by atoms with Crippen molar-refractivity contribution in [3.8, 4) is 5.75 Å². The van der Waals surface area contributed by atoms with E-state index in [1.54, 1.807) is 7.11 Å². The van der Waals surface area contributed by atoms with Crippen LogP contribution in [0.15, 0.2) is 18.2 Å². The first-order valence-corrected chi connectivity index (χ1v) is 5.69. The molecule has 0 saturated carbocycles. The van der Waals surface area contributed by atoms with Crippen LogP contribution in [-0.4, -0.2) is 30.5 Å². The molecule has 0 aliphatic heterocycles. The zero-order valence-corrected chi connectivity index (χ0v) is 9.52. The Hall–Kier alpha value is -1.06. The number of hydrogen-bond donors (Lipinski definition) is 2. The van der Waals surface area contributed by atoms with E-state index in [1.165, 1.54) is 11.1 Å². The van der Waals surface area contributed by atoms with Gasteiger partial charge in [-0.15, -0.1) is 0 Å². The Kier molecular flexibility index (Phi) is 3.46. The lowest BCUT2D eigenvalue weighted by Gasteiger charge is -2.18. The highest BCUT2D eigenvalue weighted by atomic mass is 16.5. The molecule has 0 amide bonds. The van der Waals surface area contributed by atoms with Crippen molar-refractivity contribution in [2.75, 3.05) is 20.3 Å². The quantitative estimate of drug-likeness (QED) is 0.808. The molecule has 3 nitrogen and oxygen atoms in total. The van der Waals surface area contributed by atoms with E-state index in [0.29, 0.717) is 6.42 Å². The van der Waals surface area contributed by atoms with Gasteiger partial charge in [0.05, 0.1) is 7.11 Å². The highest BCUT2D eigenvalue weighted by Gasteiger charge is 2.33. The van der Waals surface area contributed by atoms with E-state index in [-0.39, 0.29) is 25.0 Å². The Labute approximate surface area is 95.7 Å². The average molecular weight is 222 g/mol. The van der Waals surface area contributed by atoms with Crippen molar-refractivity contribution in [1.29, 1.82) is 0 Å². The summed E-state index contributed by atoms with van der Waals surface area (Å²) in [5.74, 6) is 1.33. The van der Waals surface area contributed by atoms with Crippen LogP contribution >= 0.6 is 0 Å². The maximum atomic E-state index is 9.38. The topological polar surface area (TPSA) is 49.7 Å². The Bertz CT molecular complexity index is 362. The third-order valence-electron chi connectivity index (χ3n) is 3.47. The summed E-state index contributed by atoms with van der Waals surface area (Å²) in [7, 11) is 1.66. The van der Waals surface area contributed by atoms with Crippen molar-refractivity contribution in [3.63, 3.8) is 0 Å². The van der Waals surface area contributed by atoms with Crippen LogP contribution in [0, 0.1) is 5.92 Å². The molecule has 2 N–H and O–H groups in total. The molecule has 88 valence electrons. The molecule has 0 saturated heterocycles. The van der Waals surface area contributed by atoms with Crippen molar-refractivity contribution >= 4 is 0 Å². The number of fused-ring (bicyclic) bond motifs is 1. The Morgan fingerprint density at radius 3 is 2.81 bits per heavy atom. The first kappa shape index (κ1) is 11.4. The predicted molar refractivity (Wildman–Crippen MR) is 61.7 cm³/mol. The van der Waals surface area contributed by atoms with Crippen LogP contribution < -0.4 is 4.74 Å². The van der Waals surface area contributed by atoms with Gasteiger partial charge in [0.1, 0.15) is 5.75 Å². The summed E-state index contributed by atoms with van der Waals surface area (Å²) in [4.78, 5) is 0. The molecule has 1 aromatic carbocycles. The second kappa shape index (κ2) is 4.85. The van der Waals surface area contributed by atoms with Crippen molar-refractivity contribution in [2.24, 2.45) is 5.92 Å². The van der Waals surface area contributed by atoms with Gasteiger partial charge >= 0.3 is 0 Å². The molecule has 0 heterocycles. The molecule has 0 unspecified atom stereocenters. The predicted octanol–water partition coefficient (Wildman–Crippen LogP) is 1.33. The Balaban J connectivity index is 2.39. The van der Waals surface area contributed by atoms with Gasteiger partial charge in [-0.05, 0) is 36.3 Å². The number of hydrogen-bond acceptors (Lipinski definition) is 3. The fraction of sp³-hybridized carbons (Fsp3) is 0.538. The maximum absolute atomic E-state index is 9.38. The van der Waals surface area contributed by atoms with E-state index in [1.807, 2.05) is 12.1 Å². The largest absolute Gasteiger partial charge is 0.496 e. The van der Waals surface area contributed by atoms with Gasteiger partial charge in [-0.1, -0.05) is 12.1 Å². The van der Waals surface area contributed by atoms with E-state index in [9.17, 15) is 5.11 Å². The molecule has 2 atom stereocenters. The third-order valence-corrected chi connectivity index (χ3v) is 3.47. The van der Waals surface area contributed by atoms with Gasteiger partial charge in [-0.3, -0.25) is 0 Å². The number of ether oxygens (including phenoxy) is 1. The van der Waals surface area contributed by atoms with Crippen LogP contribution in [0.4, 0.5) is 0 Å². The minimum atomic E-state index is 0.151. The van der Waals surface area contributed by atoms with Gasteiger partial charge in [-0.25, -0.2) is 0 Å². The number of benzene rings is 1. The lowest BCUT2D eigenvalue weighted by molar-refractivity contribution is 0.190. The standard InChI is InChI=1S/C13H18O3/c1-16-12-4-2-3-9-7-10(8-15)11(5-6-14)13(9)12/h2-4,10-11,14-15H,5-8H2,1H3/t10-,11-/m0/s1. The monoisotopic (exact) mass is 222 g/mol. The van der Waals surface area contributed by atoms with Crippen molar-refractivity contribution in [1.82, 2.24) is 0 Å². The summed E-state index contributed by atoms with van der Waals surface area (Å²) in [6, 6.07) is 6.01. The minimum Gasteiger partial charge on any atom is -0.496 e. The Morgan fingerprint density at radius 2 is 2.19 bits per heavy atom. The van der Waals surface area contributed by atoms with Crippen LogP contribution in [0.5, 0.6) is 5.75 Å². The Morgan fingerprint density at radius 1 is 1.38 bits per heavy atom. The summed E-state index contributed by atoms with van der Waals surface area (Å²) >= 11 is 0. The summed E-state index contributed by atoms with van der Waals surface area (Å²) < 4.78 is 5.36. The second-order valence-electron chi connectivity index (χ2n) is 4.30. The SMILES string of the molecule is COc1cccc2c1[C@@H](CCO)[C@H](CO)C2. The molecule has 3 heteroatoms. The fourth-order valence-electron chi connectivity index (χ4n) is 2.74. The normalized spacial score (nSPS) is 23.2. The number of methoxy groups -OCH3 is 1. The minimum absolute atomic E-state index is 0.151. The lowest BCUT2D eigenvalue weighted by atomic mass is 9.90. The second-order valence-corrected chi connectivity index (χ2v) is 4.30. The van der Waals surface area contributed by atoms with E-state index in [2.05, 4.69) is 6.07 Å². The first-order chi connectivity index (χ1) is 7.81. The van der Waals surface area contributed by atoms with Gasteiger partial charge in [0.25, 0.3) is 0 Å². The average Bonchev–Trinajstić information content (AvgIpc) is 2.68. The van der Waals surface area contributed by atoms with E-state index in [0.717, 1.165) is 12.2 Å². The molecule has 1 aromatic rings. The maximum Gasteiger partial charge on any atom is 0.122 e.